The molecule has 2 saturated carbocycles. The molecule has 2 aliphatic carbocycles. The Kier molecular flexibility index (Phi) is 7.06. The highest BCUT2D eigenvalue weighted by Crippen LogP contribution is 2.49. The molecule has 2 aromatic rings. The number of nitrogens with one attached hydrogen (secondary N) is 1. The van der Waals surface area contributed by atoms with Gasteiger partial charge in [0.05, 0.1) is 10.6 Å². The lowest BCUT2D eigenvalue weighted by Gasteiger charge is -2.29. The monoisotopic (exact) mass is 488 g/mol. The van der Waals surface area contributed by atoms with Crippen LogP contribution in [0.2, 0.25) is 5.02 Å². The Morgan fingerprint density at radius 3 is 2.33 bits per heavy atom. The minimum Gasteiger partial charge on any atom is -0.353 e. The second-order valence-corrected chi connectivity index (χ2v) is 12.1. The molecule has 0 spiro atoms. The van der Waals surface area contributed by atoms with Crippen molar-refractivity contribution in [2.75, 3.05) is 10.8 Å². The van der Waals surface area contributed by atoms with E-state index in [0.717, 1.165) is 23.0 Å². The lowest BCUT2D eigenvalue weighted by molar-refractivity contribution is -0.121. The molecule has 0 unspecified atom stereocenters. The molecule has 1 N–H and O–H groups in total. The van der Waals surface area contributed by atoms with Crippen molar-refractivity contribution in [1.29, 1.82) is 0 Å². The van der Waals surface area contributed by atoms with Gasteiger partial charge < -0.3 is 5.32 Å². The van der Waals surface area contributed by atoms with Gasteiger partial charge in [0.25, 0.3) is 10.0 Å². The zero-order valence-corrected chi connectivity index (χ0v) is 21.1. The van der Waals surface area contributed by atoms with Crippen LogP contribution >= 0.6 is 11.6 Å². The van der Waals surface area contributed by atoms with E-state index in [9.17, 15) is 13.2 Å². The van der Waals surface area contributed by atoms with Crippen LogP contribution in [-0.4, -0.2) is 26.9 Å². The highest BCUT2D eigenvalue weighted by molar-refractivity contribution is 7.92. The lowest BCUT2D eigenvalue weighted by atomic mass is 9.84. The first-order valence-electron chi connectivity index (χ1n) is 11.8. The number of carbonyl (C=O) groups is 1. The number of hydrogen-bond donors (Lipinski definition) is 1. The molecule has 0 aliphatic heterocycles. The van der Waals surface area contributed by atoms with Crippen molar-refractivity contribution in [2.24, 2.45) is 17.8 Å². The minimum absolute atomic E-state index is 0.0725. The Hall–Kier alpha value is -2.05. The van der Waals surface area contributed by atoms with Gasteiger partial charge in [-0.2, -0.15) is 0 Å². The van der Waals surface area contributed by atoms with E-state index >= 15 is 0 Å². The number of hydrogen-bond acceptors (Lipinski definition) is 3. The predicted molar refractivity (Wildman–Crippen MR) is 133 cm³/mol. The zero-order valence-electron chi connectivity index (χ0n) is 19.6. The van der Waals surface area contributed by atoms with E-state index in [4.69, 9.17) is 11.6 Å². The molecule has 33 heavy (non-hydrogen) atoms. The molecule has 4 atom stereocenters. The smallest absolute Gasteiger partial charge is 0.264 e. The number of anilines is 1. The Balaban J connectivity index is 1.51. The number of amides is 1. The van der Waals surface area contributed by atoms with Crippen molar-refractivity contribution in [3.63, 3.8) is 0 Å². The molecule has 0 aromatic heterocycles. The van der Waals surface area contributed by atoms with Gasteiger partial charge in [0.15, 0.2) is 0 Å². The van der Waals surface area contributed by atoms with Crippen LogP contribution < -0.4 is 9.62 Å². The highest BCUT2D eigenvalue weighted by atomic mass is 35.5. The van der Waals surface area contributed by atoms with Gasteiger partial charge in [-0.15, -0.1) is 0 Å². The van der Waals surface area contributed by atoms with E-state index in [1.165, 1.54) is 42.1 Å². The van der Waals surface area contributed by atoms with Gasteiger partial charge in [-0.1, -0.05) is 24.1 Å². The summed E-state index contributed by atoms with van der Waals surface area (Å²) in [4.78, 5) is 13.0. The fourth-order valence-corrected chi connectivity index (χ4v) is 7.33. The van der Waals surface area contributed by atoms with Crippen LogP contribution in [0.5, 0.6) is 0 Å². The number of halogens is 1. The third-order valence-electron chi connectivity index (χ3n) is 7.26. The molecular weight excluding hydrogens is 456 g/mol. The van der Waals surface area contributed by atoms with Gasteiger partial charge in [-0.3, -0.25) is 9.10 Å². The summed E-state index contributed by atoms with van der Waals surface area (Å²) in [7, 11) is -3.86. The van der Waals surface area contributed by atoms with Crippen LogP contribution in [0.1, 0.15) is 50.2 Å². The predicted octanol–water partition coefficient (Wildman–Crippen LogP) is 5.48. The highest BCUT2D eigenvalue weighted by Gasteiger charge is 2.42. The van der Waals surface area contributed by atoms with Crippen molar-refractivity contribution in [3.8, 4) is 0 Å². The summed E-state index contributed by atoms with van der Waals surface area (Å²) in [6.45, 7) is 6.04. The summed E-state index contributed by atoms with van der Waals surface area (Å²) >= 11 is 5.97. The average Bonchev–Trinajstić information content (AvgIpc) is 3.37. The molecule has 178 valence electrons. The second kappa shape index (κ2) is 9.67. The van der Waals surface area contributed by atoms with Crippen molar-refractivity contribution in [3.05, 3.63) is 58.6 Å². The SMILES string of the molecule is Cc1cc(C)cc(N(CCC(=O)N[C@H](C)[C@H]2C[C@@H]3CC[C@H]2C3)S(=O)(=O)c2ccc(Cl)cc2)c1. The van der Waals surface area contributed by atoms with Crippen LogP contribution in [0.25, 0.3) is 0 Å². The largest absolute Gasteiger partial charge is 0.353 e. The quantitative estimate of drug-likeness (QED) is 0.534. The molecule has 2 aromatic carbocycles. The molecule has 5 nitrogen and oxygen atoms in total. The molecule has 2 fully saturated rings. The van der Waals surface area contributed by atoms with Gasteiger partial charge in [-0.25, -0.2) is 8.42 Å². The van der Waals surface area contributed by atoms with Gasteiger partial charge >= 0.3 is 0 Å². The Morgan fingerprint density at radius 1 is 1.09 bits per heavy atom. The first-order chi connectivity index (χ1) is 15.6. The summed E-state index contributed by atoms with van der Waals surface area (Å²) in [5.41, 5.74) is 2.50. The van der Waals surface area contributed by atoms with E-state index < -0.39 is 10.0 Å². The molecular formula is C26H33ClN2O3S. The average molecular weight is 489 g/mol. The van der Waals surface area contributed by atoms with Crippen LogP contribution in [-0.2, 0) is 14.8 Å². The Labute approximate surface area is 202 Å². The maximum atomic E-state index is 13.5. The van der Waals surface area contributed by atoms with Crippen LogP contribution in [0.4, 0.5) is 5.69 Å². The summed E-state index contributed by atoms with van der Waals surface area (Å²) < 4.78 is 28.4. The molecule has 0 radical (unpaired) electrons. The van der Waals surface area contributed by atoms with E-state index in [1.807, 2.05) is 32.0 Å². The fourth-order valence-electron chi connectivity index (χ4n) is 5.76. The number of fused-ring (bicyclic) bond motifs is 2. The van der Waals surface area contributed by atoms with Gasteiger partial charge in [-0.05, 0) is 105 Å². The maximum Gasteiger partial charge on any atom is 0.264 e. The molecule has 4 rings (SSSR count). The van der Waals surface area contributed by atoms with Gasteiger partial charge in [0.1, 0.15) is 0 Å². The molecule has 2 aliphatic rings. The maximum absolute atomic E-state index is 13.5. The minimum atomic E-state index is -3.86. The first-order valence-corrected chi connectivity index (χ1v) is 13.6. The first kappa shape index (κ1) is 24.1. The van der Waals surface area contributed by atoms with Crippen LogP contribution in [0, 0.1) is 31.6 Å². The van der Waals surface area contributed by atoms with Crippen molar-refractivity contribution in [2.45, 2.75) is 63.8 Å². The van der Waals surface area contributed by atoms with E-state index in [1.54, 1.807) is 12.1 Å². The summed E-state index contributed by atoms with van der Waals surface area (Å²) in [6, 6.07) is 12.0. The lowest BCUT2D eigenvalue weighted by Crippen LogP contribution is -2.42. The number of aryl methyl sites for hydroxylation is 2. The molecule has 0 heterocycles. The van der Waals surface area contributed by atoms with Gasteiger partial charge in [0, 0.05) is 24.0 Å². The summed E-state index contributed by atoms with van der Waals surface area (Å²) in [6.07, 6.45) is 5.20. The zero-order chi connectivity index (χ0) is 23.8. The Bertz CT molecular complexity index is 1100. The third kappa shape index (κ3) is 5.38. The van der Waals surface area contributed by atoms with Crippen molar-refractivity contribution >= 4 is 33.2 Å². The number of rotatable bonds is 8. The number of sulfonamides is 1. The number of benzene rings is 2. The number of carbonyl (C=O) groups excluding carboxylic acids is 1. The second-order valence-electron chi connectivity index (χ2n) is 9.82. The molecule has 7 heteroatoms. The van der Waals surface area contributed by atoms with E-state index in [2.05, 4.69) is 12.2 Å². The topological polar surface area (TPSA) is 66.5 Å². The standard InChI is InChI=1S/C26H33ClN2O3S/c1-17-12-18(2)14-23(13-17)29(33(31,32)24-8-6-22(27)7-9-24)11-10-26(30)28-19(3)25-16-20-4-5-21(25)15-20/h6-9,12-14,19-21,25H,4-5,10-11,15-16H2,1-3H3,(H,28,30)/t19-,20-,21+,25-/m1/s1. The third-order valence-corrected chi connectivity index (χ3v) is 9.36. The molecule has 0 saturated heterocycles. The van der Waals surface area contributed by atoms with Crippen LogP contribution in [0.3, 0.4) is 0 Å². The normalized spacial score (nSPS) is 22.8. The summed E-state index contributed by atoms with van der Waals surface area (Å²) in [5, 5.41) is 3.63. The van der Waals surface area contributed by atoms with E-state index in [0.29, 0.717) is 16.6 Å². The van der Waals surface area contributed by atoms with Crippen molar-refractivity contribution < 1.29 is 13.2 Å². The fraction of sp³-hybridized carbons (Fsp3) is 0.500. The molecule has 1 amide bonds. The van der Waals surface area contributed by atoms with Crippen molar-refractivity contribution in [1.82, 2.24) is 5.32 Å². The van der Waals surface area contributed by atoms with Crippen LogP contribution in [0.15, 0.2) is 47.4 Å². The number of nitrogens with zero attached hydrogens (tertiary/aromatic N) is 1. The Morgan fingerprint density at radius 2 is 1.76 bits per heavy atom. The van der Waals surface area contributed by atoms with E-state index in [-0.39, 0.29) is 29.8 Å². The van der Waals surface area contributed by atoms with Gasteiger partial charge in [0.2, 0.25) is 5.91 Å². The molecule has 2 bridgehead atoms. The summed E-state index contributed by atoms with van der Waals surface area (Å²) in [5.74, 6) is 1.98.